The molecule has 7 nitrogen and oxygen atoms in total. The molecule has 1 N–H and O–H groups in total. The Balaban J connectivity index is 1.45. The van der Waals surface area contributed by atoms with Gasteiger partial charge in [0.2, 0.25) is 5.71 Å². The predicted molar refractivity (Wildman–Crippen MR) is 126 cm³/mol. The lowest BCUT2D eigenvalue weighted by atomic mass is 9.92. The Kier molecular flexibility index (Phi) is 6.81. The Morgan fingerprint density at radius 2 is 2.00 bits per heavy atom. The van der Waals surface area contributed by atoms with Crippen LogP contribution in [0.1, 0.15) is 46.5 Å². The third-order valence-electron chi connectivity index (χ3n) is 5.29. The number of ether oxygens (including phenoxy) is 2. The predicted octanol–water partition coefficient (Wildman–Crippen LogP) is 5.73. The lowest BCUT2D eigenvalue weighted by molar-refractivity contribution is -0.162. The second kappa shape index (κ2) is 9.58. The van der Waals surface area contributed by atoms with Crippen LogP contribution in [0.25, 0.3) is 22.4 Å². The Morgan fingerprint density at radius 1 is 1.22 bits per heavy atom. The first-order valence-electron chi connectivity index (χ1n) is 10.9. The highest BCUT2D eigenvalue weighted by Gasteiger charge is 2.26. The molecule has 0 bridgehead atoms. The Morgan fingerprint density at radius 3 is 2.75 bits per heavy atom. The van der Waals surface area contributed by atoms with Crippen LogP contribution in [-0.4, -0.2) is 40.3 Å². The van der Waals surface area contributed by atoms with Crippen LogP contribution in [0.4, 0.5) is 5.82 Å². The molecule has 4 rings (SSSR count). The van der Waals surface area contributed by atoms with Crippen molar-refractivity contribution in [3.63, 3.8) is 0 Å². The van der Waals surface area contributed by atoms with E-state index in [0.717, 1.165) is 52.7 Å². The Hall–Kier alpha value is -2.45. The normalized spacial score (nSPS) is 19.1. The molecule has 0 unspecified atom stereocenters. The van der Waals surface area contributed by atoms with Crippen LogP contribution < -0.4 is 5.32 Å². The van der Waals surface area contributed by atoms with Crippen molar-refractivity contribution >= 4 is 38.8 Å². The Bertz CT molecular complexity index is 1080. The fourth-order valence-corrected chi connectivity index (χ4v) is 4.63. The average Bonchev–Trinajstić information content (AvgIpc) is 3.10. The number of fused-ring (bicyclic) bond motifs is 1. The zero-order valence-corrected chi connectivity index (χ0v) is 20.1. The van der Waals surface area contributed by atoms with Gasteiger partial charge < -0.3 is 19.2 Å². The van der Waals surface area contributed by atoms with E-state index in [2.05, 4.69) is 31.2 Å². The van der Waals surface area contributed by atoms with E-state index in [4.69, 9.17) is 13.9 Å². The van der Waals surface area contributed by atoms with Crippen molar-refractivity contribution < 1.29 is 18.7 Å². The first kappa shape index (κ1) is 22.7. The number of esters is 1. The van der Waals surface area contributed by atoms with Gasteiger partial charge in [-0.1, -0.05) is 30.3 Å². The van der Waals surface area contributed by atoms with Crippen LogP contribution in [0.2, 0.25) is 0 Å². The highest BCUT2D eigenvalue weighted by Crippen LogP contribution is 2.40. The SMILES string of the molecule is CC(C)(C)OC(=O)CO[C@H]1CCC[C@H](Nc2ncnc3oc(-c4ccccc4)c(Br)c23)C1. The summed E-state index contributed by atoms with van der Waals surface area (Å²) in [4.78, 5) is 20.8. The van der Waals surface area contributed by atoms with Crippen LogP contribution in [0, 0.1) is 0 Å². The van der Waals surface area contributed by atoms with E-state index in [1.54, 1.807) is 0 Å². The molecule has 0 aliphatic heterocycles. The lowest BCUT2D eigenvalue weighted by Gasteiger charge is -2.30. The van der Waals surface area contributed by atoms with E-state index >= 15 is 0 Å². The van der Waals surface area contributed by atoms with Crippen molar-refractivity contribution in [3.05, 3.63) is 41.1 Å². The summed E-state index contributed by atoms with van der Waals surface area (Å²) in [5, 5.41) is 4.37. The van der Waals surface area contributed by atoms with Gasteiger partial charge in [-0.2, -0.15) is 0 Å². The molecule has 8 heteroatoms. The number of hydrogen-bond donors (Lipinski definition) is 1. The number of hydrogen-bond acceptors (Lipinski definition) is 7. The molecule has 1 aromatic carbocycles. The van der Waals surface area contributed by atoms with Gasteiger partial charge in [-0.3, -0.25) is 0 Å². The second-order valence-electron chi connectivity index (χ2n) is 9.04. The van der Waals surface area contributed by atoms with E-state index in [1.807, 2.05) is 51.1 Å². The zero-order chi connectivity index (χ0) is 22.7. The monoisotopic (exact) mass is 501 g/mol. The molecular formula is C24H28BrN3O4. The number of carbonyl (C=O) groups is 1. The van der Waals surface area contributed by atoms with E-state index in [-0.39, 0.29) is 24.7 Å². The molecule has 2 atom stereocenters. The van der Waals surface area contributed by atoms with E-state index in [1.165, 1.54) is 6.33 Å². The summed E-state index contributed by atoms with van der Waals surface area (Å²) in [5.41, 5.74) is 0.991. The highest BCUT2D eigenvalue weighted by atomic mass is 79.9. The largest absolute Gasteiger partial charge is 0.458 e. The van der Waals surface area contributed by atoms with Crippen LogP contribution in [-0.2, 0) is 14.3 Å². The van der Waals surface area contributed by atoms with Crippen LogP contribution in [0.5, 0.6) is 0 Å². The zero-order valence-electron chi connectivity index (χ0n) is 18.6. The van der Waals surface area contributed by atoms with E-state index < -0.39 is 5.60 Å². The molecule has 0 amide bonds. The van der Waals surface area contributed by atoms with E-state index in [9.17, 15) is 4.79 Å². The molecule has 0 radical (unpaired) electrons. The lowest BCUT2D eigenvalue weighted by Crippen LogP contribution is -2.34. The topological polar surface area (TPSA) is 86.5 Å². The maximum absolute atomic E-state index is 12.0. The van der Waals surface area contributed by atoms with Gasteiger partial charge in [-0.15, -0.1) is 0 Å². The van der Waals surface area contributed by atoms with Crippen molar-refractivity contribution in [2.75, 3.05) is 11.9 Å². The van der Waals surface area contributed by atoms with Gasteiger partial charge in [0, 0.05) is 11.6 Å². The molecule has 0 spiro atoms. The summed E-state index contributed by atoms with van der Waals surface area (Å²) in [7, 11) is 0. The molecule has 170 valence electrons. The number of benzene rings is 1. The molecule has 0 saturated heterocycles. The number of halogens is 1. The summed E-state index contributed by atoms with van der Waals surface area (Å²) in [6.07, 6.45) is 5.22. The first-order chi connectivity index (χ1) is 15.3. The average molecular weight is 502 g/mol. The van der Waals surface area contributed by atoms with Gasteiger partial charge in [0.15, 0.2) is 5.76 Å². The third-order valence-corrected chi connectivity index (χ3v) is 6.05. The summed E-state index contributed by atoms with van der Waals surface area (Å²) in [6, 6.07) is 10.1. The molecule has 1 aliphatic rings. The summed E-state index contributed by atoms with van der Waals surface area (Å²) in [5.74, 6) is 1.12. The van der Waals surface area contributed by atoms with Gasteiger partial charge >= 0.3 is 5.97 Å². The van der Waals surface area contributed by atoms with Crippen LogP contribution >= 0.6 is 15.9 Å². The van der Waals surface area contributed by atoms with Gasteiger partial charge in [0.05, 0.1) is 16.0 Å². The number of nitrogens with zero attached hydrogens (tertiary/aromatic N) is 2. The summed E-state index contributed by atoms with van der Waals surface area (Å²) >= 11 is 3.69. The molecule has 32 heavy (non-hydrogen) atoms. The van der Waals surface area contributed by atoms with Gasteiger partial charge in [-0.25, -0.2) is 14.8 Å². The van der Waals surface area contributed by atoms with Crippen molar-refractivity contribution in [2.24, 2.45) is 0 Å². The van der Waals surface area contributed by atoms with Crippen LogP contribution in [0.15, 0.2) is 45.5 Å². The summed E-state index contributed by atoms with van der Waals surface area (Å²) < 4.78 is 18.1. The third kappa shape index (κ3) is 5.48. The van der Waals surface area contributed by atoms with Gasteiger partial charge in [0.1, 0.15) is 24.4 Å². The van der Waals surface area contributed by atoms with E-state index in [0.29, 0.717) is 5.71 Å². The van der Waals surface area contributed by atoms with Gasteiger partial charge in [0.25, 0.3) is 0 Å². The number of furan rings is 1. The smallest absolute Gasteiger partial charge is 0.332 e. The number of anilines is 1. The summed E-state index contributed by atoms with van der Waals surface area (Å²) in [6.45, 7) is 5.53. The number of rotatable bonds is 6. The number of carbonyl (C=O) groups excluding carboxylic acids is 1. The maximum atomic E-state index is 12.0. The number of aromatic nitrogens is 2. The number of nitrogens with one attached hydrogen (secondary N) is 1. The molecule has 1 saturated carbocycles. The van der Waals surface area contributed by atoms with Gasteiger partial charge in [-0.05, 0) is 62.4 Å². The Labute approximate surface area is 196 Å². The minimum atomic E-state index is -0.508. The minimum absolute atomic E-state index is 0.00114. The molecular weight excluding hydrogens is 474 g/mol. The quantitative estimate of drug-likeness (QED) is 0.431. The minimum Gasteiger partial charge on any atom is -0.458 e. The van der Waals surface area contributed by atoms with Crippen molar-refractivity contribution in [2.45, 2.75) is 64.2 Å². The maximum Gasteiger partial charge on any atom is 0.332 e. The van der Waals surface area contributed by atoms with Crippen molar-refractivity contribution in [3.8, 4) is 11.3 Å². The highest BCUT2D eigenvalue weighted by molar-refractivity contribution is 9.10. The molecule has 2 heterocycles. The van der Waals surface area contributed by atoms with Crippen LogP contribution in [0.3, 0.4) is 0 Å². The first-order valence-corrected chi connectivity index (χ1v) is 11.7. The molecule has 1 fully saturated rings. The second-order valence-corrected chi connectivity index (χ2v) is 9.83. The fraction of sp³-hybridized carbons (Fsp3) is 0.458. The fourth-order valence-electron chi connectivity index (χ4n) is 3.96. The molecule has 3 aromatic rings. The standard InChI is InChI=1S/C24H28BrN3O4/c1-24(2,3)32-18(29)13-30-17-11-7-10-16(12-17)28-22-19-20(25)21(15-8-5-4-6-9-15)31-23(19)27-14-26-22/h4-6,8-9,14,16-17H,7,10-13H2,1-3H3,(H,26,27,28)/t16-,17-/m0/s1. The molecule has 2 aromatic heterocycles. The molecule has 1 aliphatic carbocycles. The van der Waals surface area contributed by atoms with Crippen molar-refractivity contribution in [1.82, 2.24) is 9.97 Å². The van der Waals surface area contributed by atoms with Crippen molar-refractivity contribution in [1.29, 1.82) is 0 Å².